The Morgan fingerprint density at radius 2 is 2.16 bits per heavy atom. The van der Waals surface area contributed by atoms with Crippen molar-refractivity contribution in [2.45, 2.75) is 32.4 Å². The fourth-order valence-corrected chi connectivity index (χ4v) is 4.11. The molecule has 1 saturated heterocycles. The second-order valence-corrected chi connectivity index (χ2v) is 7.98. The van der Waals surface area contributed by atoms with Crippen molar-refractivity contribution in [1.29, 1.82) is 0 Å². The first-order valence-electron chi connectivity index (χ1n) is 10.4. The molecule has 0 saturated carbocycles. The van der Waals surface area contributed by atoms with Crippen molar-refractivity contribution in [2.75, 3.05) is 13.1 Å². The Labute approximate surface area is 179 Å². The van der Waals surface area contributed by atoms with Crippen molar-refractivity contribution in [1.82, 2.24) is 29.8 Å². The van der Waals surface area contributed by atoms with Crippen LogP contribution < -0.4 is 5.32 Å². The number of furan rings is 1. The van der Waals surface area contributed by atoms with E-state index in [1.54, 1.807) is 12.3 Å². The number of fused-ring (bicyclic) bond motifs is 1. The molecule has 0 bridgehead atoms. The molecule has 158 valence electrons. The highest BCUT2D eigenvalue weighted by molar-refractivity contribution is 5.94. The van der Waals surface area contributed by atoms with E-state index in [0.717, 1.165) is 49.0 Å². The van der Waals surface area contributed by atoms with Gasteiger partial charge in [0.15, 0.2) is 5.65 Å². The van der Waals surface area contributed by atoms with Gasteiger partial charge in [0.25, 0.3) is 5.91 Å². The van der Waals surface area contributed by atoms with Gasteiger partial charge in [-0.15, -0.1) is 10.2 Å². The summed E-state index contributed by atoms with van der Waals surface area (Å²) in [5.41, 5.74) is 2.53. The monoisotopic (exact) mass is 416 g/mol. The van der Waals surface area contributed by atoms with Gasteiger partial charge in [0.2, 0.25) is 0 Å². The highest BCUT2D eigenvalue weighted by Gasteiger charge is 2.28. The maximum atomic E-state index is 12.7. The zero-order chi connectivity index (χ0) is 21.2. The lowest BCUT2D eigenvalue weighted by Gasteiger charge is -2.15. The van der Waals surface area contributed by atoms with Crippen LogP contribution in [0.5, 0.6) is 0 Å². The fraction of sp³-hybridized carbons (Fsp3) is 0.304. The Morgan fingerprint density at radius 1 is 1.23 bits per heavy atom. The molecular formula is C23H24N6O2. The Hall–Kier alpha value is -3.52. The van der Waals surface area contributed by atoms with Gasteiger partial charge in [-0.05, 0) is 55.8 Å². The van der Waals surface area contributed by atoms with E-state index in [4.69, 9.17) is 4.42 Å². The number of carbonyl (C=O) groups excluding carboxylic acids is 1. The van der Waals surface area contributed by atoms with Gasteiger partial charge < -0.3 is 9.73 Å². The first-order valence-corrected chi connectivity index (χ1v) is 10.4. The van der Waals surface area contributed by atoms with Crippen LogP contribution in [0.25, 0.3) is 5.65 Å². The smallest absolute Gasteiger partial charge is 0.253 e. The van der Waals surface area contributed by atoms with E-state index in [1.807, 2.05) is 48.0 Å². The quantitative estimate of drug-likeness (QED) is 0.520. The minimum Gasteiger partial charge on any atom is -0.465 e. The van der Waals surface area contributed by atoms with Crippen molar-refractivity contribution in [3.8, 4) is 0 Å². The van der Waals surface area contributed by atoms with Crippen LogP contribution >= 0.6 is 0 Å². The van der Waals surface area contributed by atoms with Crippen LogP contribution in [0.2, 0.25) is 0 Å². The zero-order valence-corrected chi connectivity index (χ0v) is 17.4. The third-order valence-electron chi connectivity index (χ3n) is 5.68. The van der Waals surface area contributed by atoms with Gasteiger partial charge >= 0.3 is 0 Å². The van der Waals surface area contributed by atoms with Crippen LogP contribution in [0.1, 0.15) is 45.6 Å². The number of nitrogens with one attached hydrogen (secondary N) is 1. The summed E-state index contributed by atoms with van der Waals surface area (Å²) in [5, 5.41) is 11.7. The second-order valence-electron chi connectivity index (χ2n) is 7.98. The summed E-state index contributed by atoms with van der Waals surface area (Å²) in [6.45, 7) is 5.02. The summed E-state index contributed by atoms with van der Waals surface area (Å²) >= 11 is 0. The third kappa shape index (κ3) is 4.20. The number of likely N-dealkylation sites (tertiary alicyclic amines) is 1. The van der Waals surface area contributed by atoms with Crippen molar-refractivity contribution >= 4 is 11.6 Å². The molecule has 0 aliphatic carbocycles. The molecule has 0 spiro atoms. The maximum absolute atomic E-state index is 12.7. The van der Waals surface area contributed by atoms with Gasteiger partial charge in [0, 0.05) is 37.6 Å². The molecule has 5 rings (SSSR count). The minimum absolute atomic E-state index is 0.153. The van der Waals surface area contributed by atoms with E-state index in [9.17, 15) is 4.79 Å². The molecule has 0 radical (unpaired) electrons. The molecule has 0 aromatic carbocycles. The molecule has 1 fully saturated rings. The zero-order valence-electron chi connectivity index (χ0n) is 17.4. The summed E-state index contributed by atoms with van der Waals surface area (Å²) in [5.74, 6) is 2.59. The number of carbonyl (C=O) groups is 1. The first-order chi connectivity index (χ1) is 15.2. The van der Waals surface area contributed by atoms with Gasteiger partial charge in [-0.1, -0.05) is 6.07 Å². The average Bonchev–Trinajstić information content (AvgIpc) is 3.52. The number of amides is 1. The molecule has 1 N–H and O–H groups in total. The fourth-order valence-electron chi connectivity index (χ4n) is 4.11. The molecule has 4 aromatic rings. The minimum atomic E-state index is -0.153. The lowest BCUT2D eigenvalue weighted by atomic mass is 10.1. The Kier molecular flexibility index (Phi) is 5.21. The number of pyridine rings is 2. The molecule has 1 aliphatic heterocycles. The largest absolute Gasteiger partial charge is 0.465 e. The van der Waals surface area contributed by atoms with Gasteiger partial charge in [-0.25, -0.2) is 0 Å². The van der Waals surface area contributed by atoms with E-state index in [2.05, 4.69) is 31.5 Å². The van der Waals surface area contributed by atoms with E-state index in [0.29, 0.717) is 12.1 Å². The van der Waals surface area contributed by atoms with Crippen LogP contribution in [-0.2, 0) is 13.1 Å². The highest BCUT2D eigenvalue weighted by Crippen LogP contribution is 2.27. The highest BCUT2D eigenvalue weighted by atomic mass is 16.3. The third-order valence-corrected chi connectivity index (χ3v) is 5.68. The predicted octanol–water partition coefficient (Wildman–Crippen LogP) is 2.95. The van der Waals surface area contributed by atoms with Crippen LogP contribution in [0.3, 0.4) is 0 Å². The molecular weight excluding hydrogens is 392 g/mol. The normalized spacial score (nSPS) is 16.7. The van der Waals surface area contributed by atoms with Crippen LogP contribution in [0, 0.1) is 6.92 Å². The molecule has 8 heteroatoms. The van der Waals surface area contributed by atoms with Gasteiger partial charge in [0.1, 0.15) is 17.3 Å². The molecule has 5 heterocycles. The average molecular weight is 416 g/mol. The van der Waals surface area contributed by atoms with E-state index < -0.39 is 0 Å². The molecule has 31 heavy (non-hydrogen) atoms. The standard InChI is InChI=1S/C23H24N6O2/c1-16-4-6-20(31-16)12-25-23(30)19-5-7-21-26-27-22(29(21)15-19)18-8-10-28(14-18)13-17-3-2-9-24-11-17/h2-7,9,11,15,18H,8,10,12-14H2,1H3,(H,25,30). The van der Waals surface area contributed by atoms with Gasteiger partial charge in [-0.3, -0.25) is 19.1 Å². The summed E-state index contributed by atoms with van der Waals surface area (Å²) in [7, 11) is 0. The molecule has 1 aliphatic rings. The predicted molar refractivity (Wildman–Crippen MR) is 114 cm³/mol. The van der Waals surface area contributed by atoms with Crippen LogP contribution in [-0.4, -0.2) is 43.5 Å². The maximum Gasteiger partial charge on any atom is 0.253 e. The Balaban J connectivity index is 1.29. The van der Waals surface area contributed by atoms with Crippen LogP contribution in [0.4, 0.5) is 0 Å². The second kappa shape index (κ2) is 8.31. The summed E-state index contributed by atoms with van der Waals surface area (Å²) in [6, 6.07) is 11.4. The molecule has 1 amide bonds. The number of nitrogens with zero attached hydrogens (tertiary/aromatic N) is 5. The van der Waals surface area contributed by atoms with E-state index in [-0.39, 0.29) is 11.8 Å². The van der Waals surface area contributed by atoms with Crippen molar-refractivity contribution in [3.05, 3.63) is 83.5 Å². The van der Waals surface area contributed by atoms with E-state index in [1.165, 1.54) is 5.56 Å². The summed E-state index contributed by atoms with van der Waals surface area (Å²) in [6.07, 6.45) is 6.54. The summed E-state index contributed by atoms with van der Waals surface area (Å²) in [4.78, 5) is 19.3. The van der Waals surface area contributed by atoms with Gasteiger partial charge in [-0.2, -0.15) is 0 Å². The lowest BCUT2D eigenvalue weighted by Crippen LogP contribution is -2.23. The number of aromatic nitrogens is 4. The Bertz CT molecular complexity index is 1200. The van der Waals surface area contributed by atoms with Crippen molar-refractivity contribution in [3.63, 3.8) is 0 Å². The van der Waals surface area contributed by atoms with Gasteiger partial charge in [0.05, 0.1) is 12.1 Å². The van der Waals surface area contributed by atoms with Crippen LogP contribution in [0.15, 0.2) is 59.4 Å². The number of hydrogen-bond acceptors (Lipinski definition) is 6. The molecule has 1 unspecified atom stereocenters. The van der Waals surface area contributed by atoms with Crippen molar-refractivity contribution in [2.24, 2.45) is 0 Å². The molecule has 8 nitrogen and oxygen atoms in total. The number of aryl methyl sites for hydroxylation is 1. The summed E-state index contributed by atoms with van der Waals surface area (Å²) < 4.78 is 7.47. The SMILES string of the molecule is Cc1ccc(CNC(=O)c2ccc3nnc(C4CCN(Cc5cccnc5)C4)n3c2)o1. The lowest BCUT2D eigenvalue weighted by molar-refractivity contribution is 0.0947. The molecule has 4 aromatic heterocycles. The first kappa shape index (κ1) is 19.4. The number of rotatable bonds is 6. The van der Waals surface area contributed by atoms with E-state index >= 15 is 0 Å². The Morgan fingerprint density at radius 3 is 2.97 bits per heavy atom. The number of hydrogen-bond donors (Lipinski definition) is 1. The molecule has 1 atom stereocenters. The van der Waals surface area contributed by atoms with Crippen molar-refractivity contribution < 1.29 is 9.21 Å². The topological polar surface area (TPSA) is 88.6 Å².